The fourth-order valence-corrected chi connectivity index (χ4v) is 3.15. The largest absolute Gasteiger partial charge is 0.573 e. The van der Waals surface area contributed by atoms with Gasteiger partial charge in [-0.05, 0) is 60.5 Å². The highest BCUT2D eigenvalue weighted by Crippen LogP contribution is 2.26. The van der Waals surface area contributed by atoms with Crippen LogP contribution in [0.15, 0.2) is 66.9 Å². The molecule has 0 saturated heterocycles. The lowest BCUT2D eigenvalue weighted by Crippen LogP contribution is -2.17. The third kappa shape index (κ3) is 5.21. The second-order valence-electron chi connectivity index (χ2n) is 7.24. The molecule has 0 aliphatic heterocycles. The molecule has 0 saturated carbocycles. The number of ether oxygens (including phenoxy) is 1. The van der Waals surface area contributed by atoms with Gasteiger partial charge in [0, 0.05) is 18.3 Å². The van der Waals surface area contributed by atoms with E-state index in [0.717, 1.165) is 23.3 Å². The zero-order valence-electron chi connectivity index (χ0n) is 17.9. The average molecular weight is 468 g/mol. The third-order valence-corrected chi connectivity index (χ3v) is 4.82. The van der Waals surface area contributed by atoms with E-state index in [0.29, 0.717) is 23.5 Å². The minimum Gasteiger partial charge on any atom is -0.406 e. The number of hydrogen-bond donors (Lipinski definition) is 2. The van der Waals surface area contributed by atoms with E-state index in [-0.39, 0.29) is 17.5 Å². The summed E-state index contributed by atoms with van der Waals surface area (Å²) in [5, 5.41) is 7.14. The highest BCUT2D eigenvalue weighted by Gasteiger charge is 2.31. The molecule has 0 atom stereocenters. The first-order chi connectivity index (χ1) is 16.2. The Hall–Kier alpha value is -4.25. The van der Waals surface area contributed by atoms with Crippen LogP contribution in [0, 0.1) is 6.92 Å². The molecule has 4 rings (SSSR count). The van der Waals surface area contributed by atoms with Crippen LogP contribution in [0.3, 0.4) is 0 Å². The maximum absolute atomic E-state index is 12.8. The van der Waals surface area contributed by atoms with E-state index in [9.17, 15) is 18.0 Å². The molecule has 0 aliphatic rings. The fraction of sp³-hybridized carbons (Fsp3) is 0.130. The second kappa shape index (κ2) is 9.32. The quantitative estimate of drug-likeness (QED) is 0.438. The Balaban J connectivity index is 1.70. The van der Waals surface area contributed by atoms with E-state index in [4.69, 9.17) is 5.73 Å². The van der Waals surface area contributed by atoms with Gasteiger partial charge in [0.05, 0.1) is 5.69 Å². The zero-order valence-corrected chi connectivity index (χ0v) is 17.9. The first-order valence-electron chi connectivity index (χ1n) is 10.1. The first-order valence-corrected chi connectivity index (χ1v) is 10.1. The van der Waals surface area contributed by atoms with Crippen molar-refractivity contribution in [2.75, 3.05) is 5.32 Å². The highest BCUT2D eigenvalue weighted by molar-refractivity contribution is 6.03. The van der Waals surface area contributed by atoms with Gasteiger partial charge in [-0.2, -0.15) is 9.67 Å². The number of amides is 1. The number of halogens is 3. The summed E-state index contributed by atoms with van der Waals surface area (Å²) >= 11 is 0. The summed E-state index contributed by atoms with van der Waals surface area (Å²) in [7, 11) is 0. The number of nitrogens with two attached hydrogens (primary N) is 1. The number of nitrogens with zero attached hydrogens (tertiary/aromatic N) is 4. The zero-order chi connectivity index (χ0) is 24.3. The van der Waals surface area contributed by atoms with E-state index in [1.54, 1.807) is 36.5 Å². The van der Waals surface area contributed by atoms with Crippen LogP contribution >= 0.6 is 0 Å². The predicted molar refractivity (Wildman–Crippen MR) is 118 cm³/mol. The summed E-state index contributed by atoms with van der Waals surface area (Å²) in [6, 6.07) is 15.4. The van der Waals surface area contributed by atoms with Gasteiger partial charge in [-0.15, -0.1) is 18.3 Å². The summed E-state index contributed by atoms with van der Waals surface area (Å²) in [5.41, 5.74) is 8.51. The van der Waals surface area contributed by atoms with Gasteiger partial charge in [-0.25, -0.2) is 0 Å². The molecule has 8 nitrogen and oxygen atoms in total. The molecule has 34 heavy (non-hydrogen) atoms. The first kappa shape index (κ1) is 22.9. The Kier molecular flexibility index (Phi) is 6.28. The maximum Gasteiger partial charge on any atom is 0.573 e. The lowest BCUT2D eigenvalue weighted by atomic mass is 10.1. The number of rotatable bonds is 6. The summed E-state index contributed by atoms with van der Waals surface area (Å²) in [4.78, 5) is 21.6. The number of benzene rings is 2. The van der Waals surface area contributed by atoms with Crippen LogP contribution in [0.1, 0.15) is 21.5 Å². The lowest BCUT2D eigenvalue weighted by Gasteiger charge is -2.10. The van der Waals surface area contributed by atoms with E-state index in [2.05, 4.69) is 25.1 Å². The van der Waals surface area contributed by atoms with Gasteiger partial charge in [0.2, 0.25) is 11.8 Å². The van der Waals surface area contributed by atoms with Crippen molar-refractivity contribution in [3.05, 3.63) is 83.6 Å². The van der Waals surface area contributed by atoms with Crippen molar-refractivity contribution in [1.29, 1.82) is 0 Å². The molecule has 0 fully saturated rings. The molecule has 11 heteroatoms. The summed E-state index contributed by atoms with van der Waals surface area (Å²) in [5.74, 6) is -0.527. The number of pyridine rings is 1. The molecule has 2 aromatic heterocycles. The fourth-order valence-electron chi connectivity index (χ4n) is 3.15. The maximum atomic E-state index is 12.8. The normalized spacial score (nSPS) is 11.3. The van der Waals surface area contributed by atoms with Gasteiger partial charge in [0.15, 0.2) is 0 Å². The van der Waals surface area contributed by atoms with Gasteiger partial charge in [-0.1, -0.05) is 18.2 Å². The monoisotopic (exact) mass is 468 g/mol. The summed E-state index contributed by atoms with van der Waals surface area (Å²) in [6.07, 6.45) is -3.22. The minimum atomic E-state index is -4.81. The molecule has 4 aromatic rings. The Labute approximate surface area is 192 Å². The van der Waals surface area contributed by atoms with E-state index < -0.39 is 12.3 Å². The number of alkyl halides is 3. The SMILES string of the molecule is Cc1cccnc1-c1nc(NC(=O)c2ccc(CN)cc2)n(-c2ccc(OC(F)(F)F)cc2)n1. The number of hydrogen-bond acceptors (Lipinski definition) is 6. The second-order valence-corrected chi connectivity index (χ2v) is 7.24. The van der Waals surface area contributed by atoms with E-state index in [1.165, 1.54) is 16.8 Å². The molecular formula is C23H19F3N6O2. The lowest BCUT2D eigenvalue weighted by molar-refractivity contribution is -0.274. The molecule has 0 unspecified atom stereocenters. The molecule has 2 aromatic carbocycles. The van der Waals surface area contributed by atoms with Crippen molar-refractivity contribution in [2.45, 2.75) is 19.8 Å². The Bertz CT molecular complexity index is 1300. The van der Waals surface area contributed by atoms with Gasteiger partial charge >= 0.3 is 6.36 Å². The van der Waals surface area contributed by atoms with Crippen LogP contribution in [-0.4, -0.2) is 32.0 Å². The topological polar surface area (TPSA) is 108 Å². The molecule has 0 bridgehead atoms. The Morgan fingerprint density at radius 2 is 1.79 bits per heavy atom. The van der Waals surface area contributed by atoms with Gasteiger partial charge in [-0.3, -0.25) is 15.1 Å². The summed E-state index contributed by atoms with van der Waals surface area (Å²) in [6.45, 7) is 2.18. The number of carbonyl (C=O) groups is 1. The standard InChI is InChI=1S/C23H19F3N6O2/c1-14-3-2-12-28-19(14)20-29-22(30-21(33)16-6-4-15(13-27)5-7-16)32(31-20)17-8-10-18(11-9-17)34-23(24,25)26/h2-12H,13,27H2,1H3,(H,29,30,31,33). The molecule has 174 valence electrons. The predicted octanol–water partition coefficient (Wildman–Crippen LogP) is 4.25. The van der Waals surface area contributed by atoms with E-state index in [1.807, 2.05) is 13.0 Å². The molecule has 0 aliphatic carbocycles. The number of carbonyl (C=O) groups excluding carboxylic acids is 1. The molecule has 0 spiro atoms. The van der Waals surface area contributed by atoms with Crippen molar-refractivity contribution >= 4 is 11.9 Å². The van der Waals surface area contributed by atoms with Gasteiger partial charge in [0.1, 0.15) is 11.4 Å². The van der Waals surface area contributed by atoms with Crippen LogP contribution in [0.2, 0.25) is 0 Å². The minimum absolute atomic E-state index is 0.0671. The van der Waals surface area contributed by atoms with Gasteiger partial charge in [0.25, 0.3) is 5.91 Å². The molecule has 1 amide bonds. The average Bonchev–Trinajstić information content (AvgIpc) is 3.22. The van der Waals surface area contributed by atoms with Crippen molar-refractivity contribution in [1.82, 2.24) is 19.7 Å². The molecule has 2 heterocycles. The van der Waals surface area contributed by atoms with Crippen LogP contribution in [-0.2, 0) is 6.54 Å². The Morgan fingerprint density at radius 3 is 2.41 bits per heavy atom. The molecular weight excluding hydrogens is 449 g/mol. The number of anilines is 1. The van der Waals surface area contributed by atoms with Crippen molar-refractivity contribution in [3.8, 4) is 23.0 Å². The number of nitrogens with one attached hydrogen (secondary N) is 1. The van der Waals surface area contributed by atoms with E-state index >= 15 is 0 Å². The molecule has 0 radical (unpaired) electrons. The van der Waals surface area contributed by atoms with Crippen LogP contribution in [0.4, 0.5) is 19.1 Å². The van der Waals surface area contributed by atoms with Crippen LogP contribution < -0.4 is 15.8 Å². The number of aryl methyl sites for hydroxylation is 1. The molecule has 3 N–H and O–H groups in total. The van der Waals surface area contributed by atoms with Gasteiger partial charge < -0.3 is 10.5 Å². The van der Waals surface area contributed by atoms with Crippen molar-refractivity contribution in [3.63, 3.8) is 0 Å². The third-order valence-electron chi connectivity index (χ3n) is 4.82. The van der Waals surface area contributed by atoms with Crippen molar-refractivity contribution in [2.24, 2.45) is 5.73 Å². The Morgan fingerprint density at radius 1 is 1.09 bits per heavy atom. The highest BCUT2D eigenvalue weighted by atomic mass is 19.4. The smallest absolute Gasteiger partial charge is 0.406 e. The van der Waals surface area contributed by atoms with Crippen LogP contribution in [0.25, 0.3) is 17.2 Å². The van der Waals surface area contributed by atoms with Crippen molar-refractivity contribution < 1.29 is 22.7 Å². The van der Waals surface area contributed by atoms with Crippen LogP contribution in [0.5, 0.6) is 5.75 Å². The number of aromatic nitrogens is 4. The summed E-state index contributed by atoms with van der Waals surface area (Å²) < 4.78 is 42.7.